The number of nitrogens with zero attached hydrogens (tertiary/aromatic N) is 2. The molecule has 0 N–H and O–H groups in total. The zero-order chi connectivity index (χ0) is 11.2. The first kappa shape index (κ1) is 10.3. The maximum Gasteiger partial charge on any atom is 0.130 e. The second kappa shape index (κ2) is 5.02. The van der Waals surface area contributed by atoms with Gasteiger partial charge < -0.3 is 4.74 Å². The third-order valence-electron chi connectivity index (χ3n) is 2.04. The molecule has 1 aromatic carbocycles. The standard InChI is InChI=1S/C12H10N2O2/c15-14-10-5-3-6-12(8-10)16-9-11-4-1-2-7-13-11/h1-8H,9H2. The normalized spacial score (nSPS) is 9.75. The largest absolute Gasteiger partial charge is 0.487 e. The van der Waals surface area contributed by atoms with Gasteiger partial charge in [0, 0.05) is 12.3 Å². The summed E-state index contributed by atoms with van der Waals surface area (Å²) in [6, 6.07) is 12.3. The molecule has 0 amide bonds. The van der Waals surface area contributed by atoms with E-state index >= 15 is 0 Å². The van der Waals surface area contributed by atoms with Crippen LogP contribution in [0.4, 0.5) is 5.69 Å². The van der Waals surface area contributed by atoms with Crippen molar-refractivity contribution in [1.82, 2.24) is 4.98 Å². The van der Waals surface area contributed by atoms with Crippen LogP contribution in [0.15, 0.2) is 53.8 Å². The second-order valence-corrected chi connectivity index (χ2v) is 3.20. The predicted octanol–water partition coefficient (Wildman–Crippen LogP) is 3.06. The zero-order valence-corrected chi connectivity index (χ0v) is 8.54. The summed E-state index contributed by atoms with van der Waals surface area (Å²) in [5.74, 6) is 0.614. The quantitative estimate of drug-likeness (QED) is 0.735. The van der Waals surface area contributed by atoms with Gasteiger partial charge >= 0.3 is 0 Å². The van der Waals surface area contributed by atoms with Crippen molar-refractivity contribution in [3.63, 3.8) is 0 Å². The van der Waals surface area contributed by atoms with Crippen molar-refractivity contribution in [3.8, 4) is 5.75 Å². The number of ether oxygens (including phenoxy) is 1. The van der Waals surface area contributed by atoms with Crippen molar-refractivity contribution >= 4 is 5.69 Å². The highest BCUT2D eigenvalue weighted by Gasteiger charge is 1.98. The molecule has 0 atom stereocenters. The number of benzene rings is 1. The molecule has 4 nitrogen and oxygen atoms in total. The molecule has 0 radical (unpaired) electrons. The molecular weight excluding hydrogens is 204 g/mol. The number of rotatable bonds is 4. The molecule has 1 heterocycles. The van der Waals surface area contributed by atoms with E-state index < -0.39 is 0 Å². The van der Waals surface area contributed by atoms with Crippen molar-refractivity contribution in [1.29, 1.82) is 0 Å². The van der Waals surface area contributed by atoms with Crippen LogP contribution in [0.25, 0.3) is 0 Å². The Morgan fingerprint density at radius 2 is 2.12 bits per heavy atom. The van der Waals surface area contributed by atoms with E-state index in [9.17, 15) is 4.91 Å². The molecule has 16 heavy (non-hydrogen) atoms. The van der Waals surface area contributed by atoms with Crippen LogP contribution in [0, 0.1) is 4.91 Å². The van der Waals surface area contributed by atoms with Gasteiger partial charge in [0.05, 0.1) is 5.69 Å². The van der Waals surface area contributed by atoms with Gasteiger partial charge in [-0.1, -0.05) is 12.1 Å². The van der Waals surface area contributed by atoms with E-state index in [1.54, 1.807) is 30.5 Å². The highest BCUT2D eigenvalue weighted by molar-refractivity contribution is 5.42. The van der Waals surface area contributed by atoms with Crippen molar-refractivity contribution in [2.45, 2.75) is 6.61 Å². The lowest BCUT2D eigenvalue weighted by molar-refractivity contribution is 0.301. The fourth-order valence-corrected chi connectivity index (χ4v) is 1.27. The van der Waals surface area contributed by atoms with Crippen LogP contribution >= 0.6 is 0 Å². The molecule has 2 rings (SSSR count). The van der Waals surface area contributed by atoms with Gasteiger partial charge in [0.2, 0.25) is 0 Å². The Kier molecular flexibility index (Phi) is 3.23. The number of pyridine rings is 1. The Bertz CT molecular complexity index is 471. The van der Waals surface area contributed by atoms with Crippen LogP contribution in [0.2, 0.25) is 0 Å². The Balaban J connectivity index is 2.02. The molecule has 0 bridgehead atoms. The van der Waals surface area contributed by atoms with Gasteiger partial charge in [-0.2, -0.15) is 0 Å². The SMILES string of the molecule is O=Nc1cccc(OCc2ccccn2)c1. The molecule has 0 spiro atoms. The molecule has 0 aliphatic rings. The maximum atomic E-state index is 10.3. The van der Waals surface area contributed by atoms with Crippen molar-refractivity contribution in [3.05, 3.63) is 59.3 Å². The fraction of sp³-hybridized carbons (Fsp3) is 0.0833. The van der Waals surface area contributed by atoms with E-state index in [1.165, 1.54) is 0 Å². The first-order valence-electron chi connectivity index (χ1n) is 4.84. The number of nitroso groups, excluding NO2 is 1. The molecule has 2 aromatic rings. The summed E-state index contributed by atoms with van der Waals surface area (Å²) in [5.41, 5.74) is 1.20. The third kappa shape index (κ3) is 2.63. The minimum absolute atomic E-state index is 0.360. The van der Waals surface area contributed by atoms with Gasteiger partial charge in [-0.15, -0.1) is 4.91 Å². The topological polar surface area (TPSA) is 51.5 Å². The number of hydrogen-bond donors (Lipinski definition) is 0. The summed E-state index contributed by atoms with van der Waals surface area (Å²) >= 11 is 0. The maximum absolute atomic E-state index is 10.3. The minimum Gasteiger partial charge on any atom is -0.487 e. The first-order chi connectivity index (χ1) is 7.88. The third-order valence-corrected chi connectivity index (χ3v) is 2.04. The van der Waals surface area contributed by atoms with Crippen LogP contribution in [-0.4, -0.2) is 4.98 Å². The van der Waals surface area contributed by atoms with Gasteiger partial charge in [-0.25, -0.2) is 0 Å². The molecular formula is C12H10N2O2. The molecule has 0 saturated carbocycles. The van der Waals surface area contributed by atoms with Crippen molar-refractivity contribution < 1.29 is 4.74 Å². The smallest absolute Gasteiger partial charge is 0.130 e. The van der Waals surface area contributed by atoms with Crippen LogP contribution in [0.1, 0.15) is 5.69 Å². The molecule has 0 fully saturated rings. The van der Waals surface area contributed by atoms with Crippen LogP contribution in [-0.2, 0) is 6.61 Å². The van der Waals surface area contributed by atoms with Gasteiger partial charge in [-0.05, 0) is 29.4 Å². The summed E-state index contributed by atoms with van der Waals surface area (Å²) in [4.78, 5) is 14.4. The summed E-state index contributed by atoms with van der Waals surface area (Å²) in [7, 11) is 0. The van der Waals surface area contributed by atoms with E-state index in [0.717, 1.165) is 5.69 Å². The lowest BCUT2D eigenvalue weighted by Crippen LogP contribution is -1.96. The lowest BCUT2D eigenvalue weighted by Gasteiger charge is -2.05. The molecule has 0 unspecified atom stereocenters. The highest BCUT2D eigenvalue weighted by Crippen LogP contribution is 2.20. The van der Waals surface area contributed by atoms with Crippen molar-refractivity contribution in [2.75, 3.05) is 0 Å². The minimum atomic E-state index is 0.360. The van der Waals surface area contributed by atoms with Gasteiger partial charge in [0.15, 0.2) is 0 Å². The zero-order valence-electron chi connectivity index (χ0n) is 8.54. The molecule has 0 saturated heterocycles. The van der Waals surface area contributed by atoms with E-state index in [-0.39, 0.29) is 0 Å². The van der Waals surface area contributed by atoms with Crippen LogP contribution < -0.4 is 4.74 Å². The number of aromatic nitrogens is 1. The van der Waals surface area contributed by atoms with Gasteiger partial charge in [0.25, 0.3) is 0 Å². The predicted molar refractivity (Wildman–Crippen MR) is 60.5 cm³/mol. The summed E-state index contributed by atoms with van der Waals surface area (Å²) in [6.45, 7) is 0.378. The average Bonchev–Trinajstić information content (AvgIpc) is 2.38. The lowest BCUT2D eigenvalue weighted by atomic mass is 10.3. The van der Waals surface area contributed by atoms with Crippen LogP contribution in [0.5, 0.6) is 5.75 Å². The summed E-state index contributed by atoms with van der Waals surface area (Å²) in [6.07, 6.45) is 1.71. The van der Waals surface area contributed by atoms with Gasteiger partial charge in [0.1, 0.15) is 18.0 Å². The average molecular weight is 214 g/mol. The fourth-order valence-electron chi connectivity index (χ4n) is 1.27. The van der Waals surface area contributed by atoms with E-state index in [0.29, 0.717) is 18.0 Å². The molecule has 80 valence electrons. The molecule has 4 heteroatoms. The molecule has 0 aliphatic carbocycles. The Morgan fingerprint density at radius 3 is 2.88 bits per heavy atom. The van der Waals surface area contributed by atoms with E-state index in [2.05, 4.69) is 10.2 Å². The Labute approximate surface area is 92.9 Å². The molecule has 1 aromatic heterocycles. The van der Waals surface area contributed by atoms with Gasteiger partial charge in [-0.3, -0.25) is 4.98 Å². The number of hydrogen-bond acceptors (Lipinski definition) is 4. The Morgan fingerprint density at radius 1 is 1.19 bits per heavy atom. The van der Waals surface area contributed by atoms with E-state index in [1.807, 2.05) is 18.2 Å². The summed E-state index contributed by atoms with van der Waals surface area (Å²) in [5, 5.41) is 2.84. The molecule has 0 aliphatic heterocycles. The Hall–Kier alpha value is -2.23. The monoisotopic (exact) mass is 214 g/mol. The first-order valence-corrected chi connectivity index (χ1v) is 4.84. The van der Waals surface area contributed by atoms with Crippen LogP contribution in [0.3, 0.4) is 0 Å². The van der Waals surface area contributed by atoms with E-state index in [4.69, 9.17) is 4.74 Å². The highest BCUT2D eigenvalue weighted by atomic mass is 16.5. The summed E-state index contributed by atoms with van der Waals surface area (Å²) < 4.78 is 5.47. The second-order valence-electron chi connectivity index (χ2n) is 3.20. The van der Waals surface area contributed by atoms with Crippen molar-refractivity contribution in [2.24, 2.45) is 5.18 Å².